The first-order valence-electron chi connectivity index (χ1n) is 8.74. The summed E-state index contributed by atoms with van der Waals surface area (Å²) in [6.45, 7) is 1.27. The number of halogens is 1. The van der Waals surface area contributed by atoms with E-state index in [1.807, 2.05) is 11.9 Å². The Morgan fingerprint density at radius 1 is 1.39 bits per heavy atom. The summed E-state index contributed by atoms with van der Waals surface area (Å²) < 4.78 is 15.6. The van der Waals surface area contributed by atoms with E-state index < -0.39 is 17.3 Å². The second kappa shape index (κ2) is 6.71. The summed E-state index contributed by atoms with van der Waals surface area (Å²) in [5.74, 6) is 4.86. The van der Waals surface area contributed by atoms with Crippen LogP contribution in [0.1, 0.15) is 22.5 Å². The van der Waals surface area contributed by atoms with Gasteiger partial charge >= 0.3 is 0 Å². The first-order valence-corrected chi connectivity index (χ1v) is 8.74. The van der Waals surface area contributed by atoms with E-state index >= 15 is 0 Å². The molecule has 1 saturated heterocycles. The molecule has 7 nitrogen and oxygen atoms in total. The van der Waals surface area contributed by atoms with Crippen molar-refractivity contribution in [2.24, 2.45) is 5.73 Å². The van der Waals surface area contributed by atoms with Gasteiger partial charge < -0.3 is 15.7 Å². The van der Waals surface area contributed by atoms with Crippen molar-refractivity contribution < 1.29 is 14.3 Å². The number of hydrogen-bond acceptors (Lipinski definition) is 5. The molecule has 0 unspecified atom stereocenters. The molecule has 3 heterocycles. The second-order valence-corrected chi connectivity index (χ2v) is 6.93. The molecule has 8 heteroatoms. The van der Waals surface area contributed by atoms with E-state index in [1.54, 1.807) is 24.4 Å². The molecular weight excluding hydrogens is 361 g/mol. The van der Waals surface area contributed by atoms with Gasteiger partial charge in [-0.2, -0.15) is 5.10 Å². The molecule has 3 N–H and O–H groups in total. The molecule has 0 saturated carbocycles. The average molecular weight is 379 g/mol. The van der Waals surface area contributed by atoms with Crippen molar-refractivity contribution in [1.29, 1.82) is 0 Å². The van der Waals surface area contributed by atoms with Crippen molar-refractivity contribution in [2.45, 2.75) is 12.0 Å². The van der Waals surface area contributed by atoms with Crippen LogP contribution >= 0.6 is 0 Å². The van der Waals surface area contributed by atoms with Crippen LogP contribution in [0.4, 0.5) is 4.39 Å². The predicted octanol–water partition coefficient (Wildman–Crippen LogP) is 1.08. The zero-order chi connectivity index (χ0) is 19.9. The molecule has 1 amide bonds. The molecule has 0 bridgehead atoms. The molecule has 4 rings (SSSR count). The van der Waals surface area contributed by atoms with Gasteiger partial charge in [0.25, 0.3) is 5.91 Å². The third-order valence-corrected chi connectivity index (χ3v) is 4.73. The van der Waals surface area contributed by atoms with E-state index in [2.05, 4.69) is 21.9 Å². The number of fused-ring (bicyclic) bond motifs is 1. The number of aliphatic hydroxyl groups is 1. The topological polar surface area (TPSA) is 97.3 Å². The molecule has 1 aromatic carbocycles. The van der Waals surface area contributed by atoms with Crippen molar-refractivity contribution in [3.63, 3.8) is 0 Å². The second-order valence-electron chi connectivity index (χ2n) is 6.93. The molecule has 142 valence electrons. The predicted molar refractivity (Wildman–Crippen MR) is 101 cm³/mol. The van der Waals surface area contributed by atoms with Gasteiger partial charge in [-0.1, -0.05) is 17.9 Å². The van der Waals surface area contributed by atoms with E-state index in [1.165, 1.54) is 16.8 Å². The van der Waals surface area contributed by atoms with E-state index in [-0.39, 0.29) is 11.1 Å². The summed E-state index contributed by atoms with van der Waals surface area (Å²) in [4.78, 5) is 18.0. The number of nitrogens with zero attached hydrogens (tertiary/aromatic N) is 4. The number of hydrogen-bond donors (Lipinski definition) is 2. The number of benzene rings is 1. The first kappa shape index (κ1) is 18.1. The molecular formula is C20H18FN5O2. The lowest BCUT2D eigenvalue weighted by Gasteiger charge is -2.14. The van der Waals surface area contributed by atoms with Gasteiger partial charge in [0.2, 0.25) is 0 Å². The highest BCUT2D eigenvalue weighted by molar-refractivity contribution is 6.04. The summed E-state index contributed by atoms with van der Waals surface area (Å²) in [6.07, 6.45) is 2.13. The minimum atomic E-state index is -1.04. The number of nitrogens with two attached hydrogens (primary N) is 1. The lowest BCUT2D eigenvalue weighted by molar-refractivity contribution is 0.0996. The molecule has 0 aliphatic carbocycles. The van der Waals surface area contributed by atoms with Crippen LogP contribution in [-0.2, 0) is 0 Å². The first-order chi connectivity index (χ1) is 13.4. The zero-order valence-electron chi connectivity index (χ0n) is 15.2. The van der Waals surface area contributed by atoms with Gasteiger partial charge in [-0.3, -0.25) is 4.79 Å². The van der Waals surface area contributed by atoms with E-state index in [0.717, 1.165) is 6.54 Å². The van der Waals surface area contributed by atoms with E-state index in [0.29, 0.717) is 29.9 Å². The Kier molecular flexibility index (Phi) is 4.34. The van der Waals surface area contributed by atoms with Crippen LogP contribution in [0.3, 0.4) is 0 Å². The van der Waals surface area contributed by atoms with E-state index in [4.69, 9.17) is 5.73 Å². The normalized spacial score (nSPS) is 19.5. The summed E-state index contributed by atoms with van der Waals surface area (Å²) >= 11 is 0. The highest BCUT2D eigenvalue weighted by Gasteiger charge is 2.32. The molecule has 1 fully saturated rings. The molecule has 1 aliphatic rings. The van der Waals surface area contributed by atoms with Gasteiger partial charge in [0.1, 0.15) is 11.4 Å². The molecule has 0 spiro atoms. The molecule has 1 aliphatic heterocycles. The van der Waals surface area contributed by atoms with Crippen molar-refractivity contribution >= 4 is 16.8 Å². The Bertz CT molecular complexity index is 1150. The number of β-amino-alcohol motifs (C(OH)–C–C–N with tert-alkyl or cyclic N) is 1. The van der Waals surface area contributed by atoms with Crippen LogP contribution in [0.15, 0.2) is 36.5 Å². The summed E-state index contributed by atoms with van der Waals surface area (Å²) in [5, 5.41) is 14.7. The number of likely N-dealkylation sites (N-methyl/N-ethyl adjacent to an activating group) is 1. The molecule has 2 aromatic heterocycles. The maximum atomic E-state index is 14.2. The van der Waals surface area contributed by atoms with Crippen LogP contribution in [0, 0.1) is 17.7 Å². The van der Waals surface area contributed by atoms with Gasteiger partial charge in [0.05, 0.1) is 10.9 Å². The monoisotopic (exact) mass is 379 g/mol. The number of primary amides is 1. The maximum Gasteiger partial charge on any atom is 0.269 e. The largest absolute Gasteiger partial charge is 0.376 e. The van der Waals surface area contributed by atoms with Gasteiger partial charge in [-0.25, -0.2) is 14.1 Å². The lowest BCUT2D eigenvalue weighted by atomic mass is 10.0. The number of amides is 1. The maximum absolute atomic E-state index is 14.2. The number of aromatic nitrogens is 3. The number of rotatable bonds is 2. The molecule has 28 heavy (non-hydrogen) atoms. The quantitative estimate of drug-likeness (QED) is 0.650. The third kappa shape index (κ3) is 3.22. The van der Waals surface area contributed by atoms with Crippen molar-refractivity contribution in [2.75, 3.05) is 20.1 Å². The molecule has 0 radical (unpaired) electrons. The van der Waals surface area contributed by atoms with Crippen molar-refractivity contribution in [1.82, 2.24) is 19.7 Å². The lowest BCUT2D eigenvalue weighted by Crippen LogP contribution is -2.29. The Morgan fingerprint density at radius 3 is 2.93 bits per heavy atom. The zero-order valence-corrected chi connectivity index (χ0v) is 15.2. The number of pyridine rings is 1. The molecule has 1 atom stereocenters. The van der Waals surface area contributed by atoms with Crippen LogP contribution < -0.4 is 5.73 Å². The minimum Gasteiger partial charge on any atom is -0.376 e. The van der Waals surface area contributed by atoms with Gasteiger partial charge in [-0.05, 0) is 31.3 Å². The van der Waals surface area contributed by atoms with Gasteiger partial charge in [-0.15, -0.1) is 0 Å². The van der Waals surface area contributed by atoms with Gasteiger partial charge in [0.15, 0.2) is 11.5 Å². The number of likely N-dealkylation sites (tertiary alicyclic amines) is 1. The number of carbonyl (C=O) groups excluding carboxylic acids is 1. The molecule has 3 aromatic rings. The summed E-state index contributed by atoms with van der Waals surface area (Å²) in [5.41, 5.74) is 5.15. The van der Waals surface area contributed by atoms with Crippen LogP contribution in [-0.4, -0.2) is 56.4 Å². The van der Waals surface area contributed by atoms with Crippen LogP contribution in [0.25, 0.3) is 16.7 Å². The smallest absolute Gasteiger partial charge is 0.269 e. The average Bonchev–Trinajstić information content (AvgIpc) is 3.22. The van der Waals surface area contributed by atoms with Crippen molar-refractivity contribution in [3.8, 4) is 17.7 Å². The fraction of sp³-hybridized carbons (Fsp3) is 0.250. The summed E-state index contributed by atoms with van der Waals surface area (Å²) in [6, 6.07) is 7.78. The van der Waals surface area contributed by atoms with Crippen LogP contribution in [0.5, 0.6) is 0 Å². The SMILES string of the molecule is CN1CC[C@@](O)(C#Cc2ccnc(-n3nc(C(N)=O)c4c(F)cccc43)c2)C1. The fourth-order valence-corrected chi connectivity index (χ4v) is 3.36. The highest BCUT2D eigenvalue weighted by Crippen LogP contribution is 2.24. The number of carbonyl (C=O) groups is 1. The van der Waals surface area contributed by atoms with Crippen LogP contribution in [0.2, 0.25) is 0 Å². The summed E-state index contributed by atoms with van der Waals surface area (Å²) in [7, 11) is 1.93. The Hall–Kier alpha value is -3.28. The van der Waals surface area contributed by atoms with E-state index in [9.17, 15) is 14.3 Å². The standard InChI is InChI=1S/C20H18FN5O2/c1-25-10-8-20(28,12-25)7-5-13-6-9-23-16(11-13)26-15-4-2-3-14(21)17(15)18(24-26)19(22)27/h2-4,6,9,11,28H,8,10,12H2,1H3,(H2,22,27)/t20-/m0/s1. The Labute approximate surface area is 160 Å². The van der Waals surface area contributed by atoms with Crippen molar-refractivity contribution in [3.05, 3.63) is 53.6 Å². The Morgan fingerprint density at radius 2 is 2.21 bits per heavy atom. The van der Waals surface area contributed by atoms with Gasteiger partial charge in [0, 0.05) is 31.3 Å². The third-order valence-electron chi connectivity index (χ3n) is 4.73. The fourth-order valence-electron chi connectivity index (χ4n) is 3.36. The Balaban J connectivity index is 1.77. The highest BCUT2D eigenvalue weighted by atomic mass is 19.1. The minimum absolute atomic E-state index is 0.0524.